The van der Waals surface area contributed by atoms with E-state index in [0.29, 0.717) is 0 Å². The summed E-state index contributed by atoms with van der Waals surface area (Å²) in [5.41, 5.74) is 2.17. The third-order valence-corrected chi connectivity index (χ3v) is 4.18. The Morgan fingerprint density at radius 1 is 1.23 bits per heavy atom. The zero-order chi connectivity index (χ0) is 21.7. The number of aromatic nitrogens is 4. The predicted molar refractivity (Wildman–Crippen MR) is 99.7 cm³/mol. The molecule has 0 atom stereocenters. The molecule has 158 valence electrons. The number of carbonyl (C=O) groups is 2. The molecule has 13 nitrogen and oxygen atoms in total. The van der Waals surface area contributed by atoms with Crippen molar-refractivity contribution in [2.45, 2.75) is 0 Å². The van der Waals surface area contributed by atoms with Gasteiger partial charge in [0.15, 0.2) is 5.69 Å². The van der Waals surface area contributed by atoms with Gasteiger partial charge in [0.2, 0.25) is 11.6 Å². The first-order valence-corrected chi connectivity index (χ1v) is 8.93. The number of halogens is 2. The van der Waals surface area contributed by atoms with Crippen LogP contribution < -0.4 is 21.9 Å². The SMILES string of the molecule is CONC(=O)C(=O)NCCNc1nonc1-c1noc(=O)n1-c1ccc(F)c(Br)c1. The number of benzene rings is 1. The van der Waals surface area contributed by atoms with Gasteiger partial charge in [-0.3, -0.25) is 18.9 Å². The summed E-state index contributed by atoms with van der Waals surface area (Å²) < 4.78 is 24.1. The van der Waals surface area contributed by atoms with Gasteiger partial charge in [0.25, 0.3) is 0 Å². The summed E-state index contributed by atoms with van der Waals surface area (Å²) in [4.78, 5) is 39.2. The molecule has 0 aliphatic heterocycles. The summed E-state index contributed by atoms with van der Waals surface area (Å²) in [5.74, 6) is -3.17. The van der Waals surface area contributed by atoms with Crippen molar-refractivity contribution in [1.29, 1.82) is 0 Å². The van der Waals surface area contributed by atoms with E-state index in [0.717, 1.165) is 10.6 Å². The first-order valence-electron chi connectivity index (χ1n) is 8.14. The van der Waals surface area contributed by atoms with Crippen LogP contribution in [0.1, 0.15) is 0 Å². The highest BCUT2D eigenvalue weighted by Gasteiger charge is 2.23. The molecule has 30 heavy (non-hydrogen) atoms. The van der Waals surface area contributed by atoms with E-state index < -0.39 is 23.4 Å². The topological polar surface area (TPSA) is 166 Å². The fourth-order valence-corrected chi connectivity index (χ4v) is 2.65. The van der Waals surface area contributed by atoms with E-state index in [2.05, 4.69) is 46.9 Å². The number of anilines is 1. The van der Waals surface area contributed by atoms with Gasteiger partial charge in [-0.2, -0.15) is 0 Å². The van der Waals surface area contributed by atoms with Gasteiger partial charge in [-0.1, -0.05) is 5.16 Å². The molecule has 3 N–H and O–H groups in total. The van der Waals surface area contributed by atoms with Crippen LogP contribution in [-0.2, 0) is 14.4 Å². The van der Waals surface area contributed by atoms with Crippen molar-refractivity contribution < 1.29 is 28.0 Å². The second-order valence-electron chi connectivity index (χ2n) is 5.49. The van der Waals surface area contributed by atoms with Crippen molar-refractivity contribution in [2.24, 2.45) is 0 Å². The maximum Gasteiger partial charge on any atom is 0.446 e. The first kappa shape index (κ1) is 21.1. The third kappa shape index (κ3) is 4.52. The van der Waals surface area contributed by atoms with Gasteiger partial charge < -0.3 is 10.6 Å². The quantitative estimate of drug-likeness (QED) is 0.235. The third-order valence-electron chi connectivity index (χ3n) is 3.57. The lowest BCUT2D eigenvalue weighted by atomic mass is 10.3. The minimum Gasteiger partial charge on any atom is -0.363 e. The standard InChI is InChI=1S/C15H13BrFN7O6/c1-28-23-14(26)13(25)19-5-4-18-11-10(20-30-21-11)12-22-29-15(27)24(12)7-2-3-9(17)8(16)6-7/h2-3,6H,4-5H2,1H3,(H,18,21)(H,19,25)(H,23,26). The van der Waals surface area contributed by atoms with Crippen LogP contribution in [0.2, 0.25) is 0 Å². The van der Waals surface area contributed by atoms with Gasteiger partial charge in [0.1, 0.15) is 5.82 Å². The molecule has 0 spiro atoms. The number of hydrogen-bond donors (Lipinski definition) is 3. The van der Waals surface area contributed by atoms with Crippen molar-refractivity contribution in [3.63, 3.8) is 0 Å². The van der Waals surface area contributed by atoms with Gasteiger partial charge >= 0.3 is 17.6 Å². The summed E-state index contributed by atoms with van der Waals surface area (Å²) in [7, 11) is 1.19. The number of rotatable bonds is 7. The summed E-state index contributed by atoms with van der Waals surface area (Å²) >= 11 is 3.05. The minimum atomic E-state index is -0.960. The number of nitrogens with zero attached hydrogens (tertiary/aromatic N) is 4. The van der Waals surface area contributed by atoms with Crippen LogP contribution in [0.25, 0.3) is 17.2 Å². The molecule has 0 bridgehead atoms. The highest BCUT2D eigenvalue weighted by atomic mass is 79.9. The highest BCUT2D eigenvalue weighted by Crippen LogP contribution is 2.25. The fraction of sp³-hybridized carbons (Fsp3) is 0.200. The van der Waals surface area contributed by atoms with E-state index in [-0.39, 0.29) is 40.6 Å². The molecule has 3 aromatic rings. The molecule has 2 amide bonds. The first-order chi connectivity index (χ1) is 14.4. The molecule has 0 radical (unpaired) electrons. The molecule has 0 saturated carbocycles. The van der Waals surface area contributed by atoms with Crippen LogP contribution in [0.4, 0.5) is 10.2 Å². The van der Waals surface area contributed by atoms with Crippen molar-refractivity contribution in [1.82, 2.24) is 30.8 Å². The largest absolute Gasteiger partial charge is 0.446 e. The van der Waals surface area contributed by atoms with E-state index >= 15 is 0 Å². The van der Waals surface area contributed by atoms with Crippen molar-refractivity contribution in [2.75, 3.05) is 25.5 Å². The van der Waals surface area contributed by atoms with Gasteiger partial charge in [-0.05, 0) is 44.4 Å². The molecule has 0 aliphatic carbocycles. The van der Waals surface area contributed by atoms with Crippen LogP contribution in [0, 0.1) is 5.82 Å². The lowest BCUT2D eigenvalue weighted by Gasteiger charge is -2.07. The van der Waals surface area contributed by atoms with Crippen molar-refractivity contribution in [3.8, 4) is 17.2 Å². The van der Waals surface area contributed by atoms with Crippen LogP contribution in [0.5, 0.6) is 0 Å². The minimum absolute atomic E-state index is 0.0322. The van der Waals surface area contributed by atoms with Crippen LogP contribution >= 0.6 is 15.9 Å². The normalized spacial score (nSPS) is 10.6. The van der Waals surface area contributed by atoms with Gasteiger partial charge in [-0.15, -0.1) is 0 Å². The molecule has 0 fully saturated rings. The Bertz CT molecular complexity index is 1130. The zero-order valence-corrected chi connectivity index (χ0v) is 16.7. The molecule has 3 rings (SSSR count). The monoisotopic (exact) mass is 485 g/mol. The number of hydroxylamine groups is 1. The Hall–Kier alpha value is -3.59. The molecule has 15 heteroatoms. The van der Waals surface area contributed by atoms with Gasteiger partial charge in [-0.25, -0.2) is 23.9 Å². The van der Waals surface area contributed by atoms with Crippen LogP contribution in [0.15, 0.2) is 36.6 Å². The summed E-state index contributed by atoms with van der Waals surface area (Å²) in [6.07, 6.45) is 0. The second-order valence-corrected chi connectivity index (χ2v) is 6.34. The predicted octanol–water partition coefficient (Wildman–Crippen LogP) is -0.0172. The van der Waals surface area contributed by atoms with E-state index in [4.69, 9.17) is 9.15 Å². The molecule has 0 aliphatic rings. The zero-order valence-electron chi connectivity index (χ0n) is 15.1. The van der Waals surface area contributed by atoms with Gasteiger partial charge in [0, 0.05) is 13.1 Å². The van der Waals surface area contributed by atoms with E-state index in [1.807, 2.05) is 5.48 Å². The molecule has 0 unspecified atom stereocenters. The number of hydrogen-bond acceptors (Lipinski definition) is 10. The summed E-state index contributed by atoms with van der Waals surface area (Å²) in [6, 6.07) is 3.87. The average molecular weight is 486 g/mol. The lowest BCUT2D eigenvalue weighted by Crippen LogP contribution is -2.41. The maximum absolute atomic E-state index is 13.5. The molecule has 1 aromatic carbocycles. The fourth-order valence-electron chi connectivity index (χ4n) is 2.28. The number of amides is 2. The molecule has 2 heterocycles. The highest BCUT2D eigenvalue weighted by molar-refractivity contribution is 9.10. The Kier molecular flexibility index (Phi) is 6.53. The van der Waals surface area contributed by atoms with Crippen molar-refractivity contribution >= 4 is 33.6 Å². The number of nitrogens with one attached hydrogen (secondary N) is 3. The average Bonchev–Trinajstić information content (AvgIpc) is 3.33. The molecular formula is C15H13BrFN7O6. The van der Waals surface area contributed by atoms with Crippen LogP contribution in [-0.4, -0.2) is 52.1 Å². The Morgan fingerprint density at radius 2 is 2.03 bits per heavy atom. The lowest BCUT2D eigenvalue weighted by molar-refractivity contribution is -0.145. The van der Waals surface area contributed by atoms with Crippen LogP contribution in [0.3, 0.4) is 0 Å². The maximum atomic E-state index is 13.5. The van der Waals surface area contributed by atoms with Crippen molar-refractivity contribution in [3.05, 3.63) is 39.0 Å². The van der Waals surface area contributed by atoms with Gasteiger partial charge in [0.05, 0.1) is 17.3 Å². The second kappa shape index (κ2) is 9.27. The number of carbonyl (C=O) groups excluding carboxylic acids is 2. The smallest absolute Gasteiger partial charge is 0.363 e. The molecular weight excluding hydrogens is 473 g/mol. The van der Waals surface area contributed by atoms with E-state index in [1.54, 1.807) is 0 Å². The summed E-state index contributed by atoms with van der Waals surface area (Å²) in [5, 5.41) is 16.2. The van der Waals surface area contributed by atoms with E-state index in [9.17, 15) is 18.8 Å². The van der Waals surface area contributed by atoms with E-state index in [1.165, 1.54) is 19.2 Å². The molecule has 2 aromatic heterocycles. The Balaban J connectivity index is 1.75. The summed E-state index contributed by atoms with van der Waals surface area (Å²) in [6.45, 7) is 0.163. The molecule has 0 saturated heterocycles. The Labute approximate surface area is 174 Å². The Morgan fingerprint density at radius 3 is 2.77 bits per heavy atom.